The first-order valence-electron chi connectivity index (χ1n) is 6.84. The first-order valence-corrected chi connectivity index (χ1v) is 8.86. The summed E-state index contributed by atoms with van der Waals surface area (Å²) >= 11 is 9.53. The van der Waals surface area contributed by atoms with Crippen molar-refractivity contribution in [3.63, 3.8) is 0 Å². The Morgan fingerprint density at radius 2 is 2.17 bits per heavy atom. The molecule has 0 saturated carbocycles. The number of carbonyl (C=O) groups is 1. The summed E-state index contributed by atoms with van der Waals surface area (Å²) in [6.45, 7) is 0. The molecule has 4 heterocycles. The molecule has 1 amide bonds. The van der Waals surface area contributed by atoms with Crippen LogP contribution < -0.4 is 5.32 Å². The maximum absolute atomic E-state index is 11.8. The lowest BCUT2D eigenvalue weighted by molar-refractivity contribution is -0.115. The summed E-state index contributed by atoms with van der Waals surface area (Å²) in [5.41, 5.74) is 2.45. The molecule has 1 N–H and O–H groups in total. The number of thiocarbonyl (C=S) groups is 1. The van der Waals surface area contributed by atoms with Gasteiger partial charge in [-0.3, -0.25) is 9.78 Å². The van der Waals surface area contributed by atoms with Crippen LogP contribution in [0, 0.1) is 0 Å². The highest BCUT2D eigenvalue weighted by Crippen LogP contribution is 2.32. The van der Waals surface area contributed by atoms with Gasteiger partial charge < -0.3 is 9.73 Å². The van der Waals surface area contributed by atoms with E-state index in [0.29, 0.717) is 20.6 Å². The molecule has 0 aliphatic carbocycles. The zero-order chi connectivity index (χ0) is 16.7. The summed E-state index contributed by atoms with van der Waals surface area (Å²) in [6.07, 6.45) is 6.89. The van der Waals surface area contributed by atoms with Gasteiger partial charge in [-0.2, -0.15) is 0 Å². The van der Waals surface area contributed by atoms with E-state index in [2.05, 4.69) is 31.2 Å². The average Bonchev–Trinajstić information content (AvgIpc) is 3.10. The molecule has 1 aliphatic heterocycles. The molecule has 3 aromatic heterocycles. The fourth-order valence-electron chi connectivity index (χ4n) is 2.34. The number of nitrogens with zero attached hydrogens (tertiary/aromatic N) is 2. The number of aromatic nitrogens is 2. The van der Waals surface area contributed by atoms with E-state index in [4.69, 9.17) is 16.6 Å². The number of amides is 1. The summed E-state index contributed by atoms with van der Waals surface area (Å²) in [5.74, 6) is 0.368. The number of pyridine rings is 2. The van der Waals surface area contributed by atoms with Gasteiger partial charge in [0.2, 0.25) is 0 Å². The molecule has 0 radical (unpaired) electrons. The van der Waals surface area contributed by atoms with Gasteiger partial charge in [0.15, 0.2) is 0 Å². The number of halogens is 1. The molecule has 24 heavy (non-hydrogen) atoms. The third-order valence-electron chi connectivity index (χ3n) is 3.40. The van der Waals surface area contributed by atoms with E-state index in [-0.39, 0.29) is 5.91 Å². The van der Waals surface area contributed by atoms with Crippen molar-refractivity contribution in [2.45, 2.75) is 0 Å². The Balaban J connectivity index is 1.80. The lowest BCUT2D eigenvalue weighted by atomic mass is 10.1. The van der Waals surface area contributed by atoms with Crippen molar-refractivity contribution in [2.24, 2.45) is 0 Å². The molecule has 1 saturated heterocycles. The summed E-state index contributed by atoms with van der Waals surface area (Å²) in [7, 11) is 0. The van der Waals surface area contributed by atoms with Crippen molar-refractivity contribution in [1.29, 1.82) is 0 Å². The molecule has 0 unspecified atom stereocenters. The minimum Gasteiger partial charge on any atom is -0.456 e. The van der Waals surface area contributed by atoms with Crippen LogP contribution in [0.1, 0.15) is 5.76 Å². The van der Waals surface area contributed by atoms with E-state index in [9.17, 15) is 4.79 Å². The Morgan fingerprint density at radius 3 is 2.88 bits per heavy atom. The summed E-state index contributed by atoms with van der Waals surface area (Å²) in [6, 6.07) is 5.65. The number of hydrogen-bond acceptors (Lipinski definition) is 6. The summed E-state index contributed by atoms with van der Waals surface area (Å²) < 4.78 is 7.15. The molecule has 8 heteroatoms. The molecule has 1 aliphatic rings. The van der Waals surface area contributed by atoms with Gasteiger partial charge in [-0.1, -0.05) is 24.0 Å². The van der Waals surface area contributed by atoms with E-state index < -0.39 is 0 Å². The molecule has 5 nitrogen and oxygen atoms in total. The van der Waals surface area contributed by atoms with E-state index in [1.54, 1.807) is 24.7 Å². The molecule has 0 aromatic carbocycles. The second-order valence-corrected chi connectivity index (χ2v) is 7.51. The van der Waals surface area contributed by atoms with Gasteiger partial charge in [0.1, 0.15) is 20.3 Å². The van der Waals surface area contributed by atoms with Crippen LogP contribution in [0.4, 0.5) is 0 Å². The fraction of sp³-hybridized carbons (Fsp3) is 0. The first-order chi connectivity index (χ1) is 11.6. The Labute approximate surface area is 154 Å². The predicted octanol–water partition coefficient (Wildman–Crippen LogP) is 4.14. The number of thioether (sulfide) groups is 1. The van der Waals surface area contributed by atoms with E-state index >= 15 is 0 Å². The molecule has 0 atom stereocenters. The summed E-state index contributed by atoms with van der Waals surface area (Å²) in [4.78, 5) is 20.8. The van der Waals surface area contributed by atoms with Gasteiger partial charge in [-0.25, -0.2) is 4.98 Å². The van der Waals surface area contributed by atoms with Crippen molar-refractivity contribution in [3.05, 3.63) is 52.1 Å². The van der Waals surface area contributed by atoms with Crippen LogP contribution in [0.2, 0.25) is 0 Å². The van der Waals surface area contributed by atoms with Gasteiger partial charge in [-0.05, 0) is 34.1 Å². The Hall–Kier alpha value is -2.03. The number of carbonyl (C=O) groups excluding carboxylic acids is 1. The van der Waals surface area contributed by atoms with Crippen molar-refractivity contribution >= 4 is 67.2 Å². The van der Waals surface area contributed by atoms with Gasteiger partial charge in [0, 0.05) is 41.2 Å². The minimum absolute atomic E-state index is 0.207. The van der Waals surface area contributed by atoms with E-state index in [1.165, 1.54) is 11.8 Å². The Kier molecular flexibility index (Phi) is 3.95. The third kappa shape index (κ3) is 2.88. The highest BCUT2D eigenvalue weighted by Gasteiger charge is 2.22. The zero-order valence-corrected chi connectivity index (χ0v) is 15.2. The van der Waals surface area contributed by atoms with Crippen LogP contribution >= 0.6 is 39.9 Å². The predicted molar refractivity (Wildman–Crippen MR) is 101 cm³/mol. The number of rotatable bonds is 2. The van der Waals surface area contributed by atoms with Crippen molar-refractivity contribution in [3.8, 4) is 11.1 Å². The van der Waals surface area contributed by atoms with Crippen LogP contribution in [0.5, 0.6) is 0 Å². The van der Waals surface area contributed by atoms with Crippen molar-refractivity contribution in [2.75, 3.05) is 0 Å². The molecular weight excluding hydrogens is 410 g/mol. The highest BCUT2D eigenvalue weighted by atomic mass is 79.9. The second-order valence-electron chi connectivity index (χ2n) is 4.98. The normalized spacial score (nSPS) is 16.1. The number of nitrogens with one attached hydrogen (secondary N) is 1. The second kappa shape index (κ2) is 6.12. The van der Waals surface area contributed by atoms with E-state index in [0.717, 1.165) is 21.1 Å². The molecule has 0 bridgehead atoms. The molecule has 4 rings (SSSR count). The van der Waals surface area contributed by atoms with Crippen LogP contribution in [0.15, 0.2) is 50.7 Å². The van der Waals surface area contributed by atoms with Gasteiger partial charge >= 0.3 is 0 Å². The monoisotopic (exact) mass is 417 g/mol. The highest BCUT2D eigenvalue weighted by molar-refractivity contribution is 9.10. The quantitative estimate of drug-likeness (QED) is 0.383. The first kappa shape index (κ1) is 15.5. The lowest BCUT2D eigenvalue weighted by Gasteiger charge is -2.01. The largest absolute Gasteiger partial charge is 0.456 e. The molecule has 0 spiro atoms. The van der Waals surface area contributed by atoms with Crippen LogP contribution in [0.25, 0.3) is 28.2 Å². The molecule has 3 aromatic rings. The maximum atomic E-state index is 11.8. The maximum Gasteiger partial charge on any atom is 0.263 e. The topological polar surface area (TPSA) is 68.0 Å². The lowest BCUT2D eigenvalue weighted by Crippen LogP contribution is -2.17. The summed E-state index contributed by atoms with van der Waals surface area (Å²) in [5, 5.41) is 3.44. The Morgan fingerprint density at radius 1 is 1.29 bits per heavy atom. The number of furan rings is 1. The number of hydrogen-bond donors (Lipinski definition) is 1. The van der Waals surface area contributed by atoms with Crippen molar-refractivity contribution in [1.82, 2.24) is 15.3 Å². The smallest absolute Gasteiger partial charge is 0.263 e. The third-order valence-corrected chi connectivity index (χ3v) is 5.03. The Bertz CT molecular complexity index is 1010. The molecular formula is C16H8BrN3O2S2. The van der Waals surface area contributed by atoms with E-state index in [1.807, 2.05) is 18.2 Å². The van der Waals surface area contributed by atoms with Gasteiger partial charge in [-0.15, -0.1) is 0 Å². The number of fused-ring (bicyclic) bond motifs is 1. The van der Waals surface area contributed by atoms with Crippen LogP contribution in [-0.2, 0) is 4.79 Å². The molecule has 118 valence electrons. The van der Waals surface area contributed by atoms with Crippen LogP contribution in [-0.4, -0.2) is 20.2 Å². The minimum atomic E-state index is -0.207. The molecule has 1 fully saturated rings. The van der Waals surface area contributed by atoms with Crippen LogP contribution in [0.3, 0.4) is 0 Å². The fourth-order valence-corrected chi connectivity index (χ4v) is 3.60. The van der Waals surface area contributed by atoms with Crippen molar-refractivity contribution < 1.29 is 9.21 Å². The average molecular weight is 418 g/mol. The standard InChI is InChI=1S/C16H8BrN3O2S2/c17-13-2-1-8(6-19-13)11-7-18-5-9-3-10(22-14(9)11)4-12-15(21)20-16(23)24-12/h1-7H,(H,20,21,23)/b12-4-. The zero-order valence-electron chi connectivity index (χ0n) is 11.9. The van der Waals surface area contributed by atoms with Gasteiger partial charge in [0.25, 0.3) is 5.91 Å². The SMILES string of the molecule is O=C1NC(=S)S/C1=C\c1cc2cncc(-c3ccc(Br)nc3)c2o1. The van der Waals surface area contributed by atoms with Gasteiger partial charge in [0.05, 0.1) is 4.91 Å².